The Bertz CT molecular complexity index is 847. The fraction of sp³-hybridized carbons (Fsp3) is 0.300. The summed E-state index contributed by atoms with van der Waals surface area (Å²) in [4.78, 5) is 29.6. The summed E-state index contributed by atoms with van der Waals surface area (Å²) in [5.41, 5.74) is 1.37. The first kappa shape index (κ1) is 17.6. The average molecular weight is 372 g/mol. The highest BCUT2D eigenvalue weighted by Crippen LogP contribution is 2.22. The highest BCUT2D eigenvalue weighted by Gasteiger charge is 2.46. The summed E-state index contributed by atoms with van der Waals surface area (Å²) >= 11 is 0. The van der Waals surface area contributed by atoms with Crippen molar-refractivity contribution in [2.75, 3.05) is 36.0 Å². The van der Waals surface area contributed by atoms with Crippen LogP contribution in [0.15, 0.2) is 48.5 Å². The van der Waals surface area contributed by atoms with E-state index in [1.165, 1.54) is 41.3 Å². The quantitative estimate of drug-likeness (QED) is 0.818. The van der Waals surface area contributed by atoms with Crippen LogP contribution in [0.2, 0.25) is 0 Å². The lowest BCUT2D eigenvalue weighted by Crippen LogP contribution is -3.19. The molecule has 1 atom stereocenters. The summed E-state index contributed by atoms with van der Waals surface area (Å²) in [6.45, 7) is 2.90. The fourth-order valence-electron chi connectivity index (χ4n) is 3.86. The van der Waals surface area contributed by atoms with E-state index in [1.54, 1.807) is 12.1 Å². The Morgan fingerprint density at radius 2 is 1.33 bits per heavy atom. The SMILES string of the molecule is O=C1CC([NH+]2CCN(c3ccc(F)cc3)CC2)C(=O)N1c1ccc(F)cc1. The molecule has 2 aliphatic heterocycles. The van der Waals surface area contributed by atoms with Gasteiger partial charge in [0.15, 0.2) is 6.04 Å². The number of hydrogen-bond acceptors (Lipinski definition) is 3. The third-order valence-corrected chi connectivity index (χ3v) is 5.32. The first-order chi connectivity index (χ1) is 13.0. The number of rotatable bonds is 3. The molecule has 2 saturated heterocycles. The van der Waals surface area contributed by atoms with Crippen molar-refractivity contribution in [1.82, 2.24) is 0 Å². The molecule has 2 amide bonds. The standard InChI is InChI=1S/C20H19F2N3O2/c21-14-1-5-16(6-2-14)23-9-11-24(12-10-23)18-13-19(26)25(20(18)27)17-7-3-15(22)4-8-17/h1-8,18H,9-13H2/p+1. The Labute approximate surface area is 155 Å². The minimum Gasteiger partial charge on any atom is -0.360 e. The van der Waals surface area contributed by atoms with Crippen molar-refractivity contribution in [2.24, 2.45) is 0 Å². The van der Waals surface area contributed by atoms with Crippen LogP contribution in [0.4, 0.5) is 20.2 Å². The van der Waals surface area contributed by atoms with Gasteiger partial charge < -0.3 is 9.80 Å². The van der Waals surface area contributed by atoms with Crippen molar-refractivity contribution in [1.29, 1.82) is 0 Å². The molecule has 0 aliphatic carbocycles. The number of carbonyl (C=O) groups is 2. The number of imide groups is 1. The number of anilines is 2. The number of nitrogens with one attached hydrogen (secondary N) is 1. The molecule has 2 aliphatic rings. The Kier molecular flexibility index (Phi) is 4.61. The lowest BCUT2D eigenvalue weighted by molar-refractivity contribution is -0.915. The Hall–Kier alpha value is -2.80. The van der Waals surface area contributed by atoms with Gasteiger partial charge in [-0.1, -0.05) is 0 Å². The van der Waals surface area contributed by atoms with Gasteiger partial charge in [0.2, 0.25) is 5.91 Å². The van der Waals surface area contributed by atoms with Gasteiger partial charge in [0, 0.05) is 5.69 Å². The maximum Gasteiger partial charge on any atom is 0.292 e. The van der Waals surface area contributed by atoms with Crippen LogP contribution in [0.5, 0.6) is 0 Å². The number of carbonyl (C=O) groups excluding carboxylic acids is 2. The molecule has 0 radical (unpaired) electrons. The first-order valence-corrected chi connectivity index (χ1v) is 9.00. The largest absolute Gasteiger partial charge is 0.360 e. The Morgan fingerprint density at radius 1 is 0.815 bits per heavy atom. The highest BCUT2D eigenvalue weighted by atomic mass is 19.1. The van der Waals surface area contributed by atoms with Crippen LogP contribution in [-0.4, -0.2) is 44.0 Å². The lowest BCUT2D eigenvalue weighted by atomic mass is 10.1. The average Bonchev–Trinajstić information content (AvgIpc) is 2.98. The van der Waals surface area contributed by atoms with E-state index in [1.807, 2.05) is 0 Å². The normalized spacial score (nSPS) is 21.2. The number of amides is 2. The van der Waals surface area contributed by atoms with Crippen molar-refractivity contribution in [3.8, 4) is 0 Å². The number of piperazine rings is 1. The van der Waals surface area contributed by atoms with Gasteiger partial charge in [-0.25, -0.2) is 13.7 Å². The molecule has 140 valence electrons. The molecular weight excluding hydrogens is 352 g/mol. The smallest absolute Gasteiger partial charge is 0.292 e. The predicted molar refractivity (Wildman–Crippen MR) is 96.6 cm³/mol. The van der Waals surface area contributed by atoms with E-state index in [0.29, 0.717) is 5.69 Å². The van der Waals surface area contributed by atoms with E-state index in [2.05, 4.69) is 4.90 Å². The van der Waals surface area contributed by atoms with Gasteiger partial charge in [-0.2, -0.15) is 0 Å². The van der Waals surface area contributed by atoms with Crippen LogP contribution in [-0.2, 0) is 9.59 Å². The molecule has 2 aromatic rings. The van der Waals surface area contributed by atoms with E-state index in [4.69, 9.17) is 0 Å². The topological polar surface area (TPSA) is 45.1 Å². The van der Waals surface area contributed by atoms with Crippen LogP contribution in [0.25, 0.3) is 0 Å². The van der Waals surface area contributed by atoms with Gasteiger partial charge >= 0.3 is 0 Å². The van der Waals surface area contributed by atoms with E-state index < -0.39 is 11.9 Å². The lowest BCUT2D eigenvalue weighted by Gasteiger charge is -2.35. The van der Waals surface area contributed by atoms with Gasteiger partial charge in [-0.15, -0.1) is 0 Å². The van der Waals surface area contributed by atoms with E-state index in [0.717, 1.165) is 36.8 Å². The second kappa shape index (κ2) is 7.08. The Morgan fingerprint density at radius 3 is 1.89 bits per heavy atom. The maximum absolute atomic E-state index is 13.1. The number of quaternary nitrogens is 1. The van der Waals surface area contributed by atoms with Crippen LogP contribution >= 0.6 is 0 Å². The molecule has 27 heavy (non-hydrogen) atoms. The van der Waals surface area contributed by atoms with Gasteiger partial charge in [0.1, 0.15) is 11.6 Å². The predicted octanol–water partition coefficient (Wildman–Crippen LogP) is 1.00. The molecule has 2 heterocycles. The maximum atomic E-state index is 13.1. The van der Waals surface area contributed by atoms with Crippen LogP contribution < -0.4 is 14.7 Å². The van der Waals surface area contributed by atoms with E-state index in [-0.39, 0.29) is 24.1 Å². The molecule has 2 aromatic carbocycles. The fourth-order valence-corrected chi connectivity index (χ4v) is 3.86. The summed E-state index contributed by atoms with van der Waals surface area (Å²) < 4.78 is 26.2. The molecule has 2 fully saturated rings. The molecule has 0 saturated carbocycles. The van der Waals surface area contributed by atoms with Crippen molar-refractivity contribution < 1.29 is 23.3 Å². The minimum atomic E-state index is -0.406. The van der Waals surface area contributed by atoms with Crippen LogP contribution in [0, 0.1) is 11.6 Å². The molecule has 1 N–H and O–H groups in total. The van der Waals surface area contributed by atoms with Gasteiger partial charge in [0.25, 0.3) is 5.91 Å². The zero-order chi connectivity index (χ0) is 19.0. The Balaban J connectivity index is 1.43. The number of halogens is 2. The van der Waals surface area contributed by atoms with Crippen molar-refractivity contribution in [3.63, 3.8) is 0 Å². The van der Waals surface area contributed by atoms with Gasteiger partial charge in [-0.3, -0.25) is 9.59 Å². The van der Waals surface area contributed by atoms with Gasteiger partial charge in [-0.05, 0) is 48.5 Å². The molecule has 0 bridgehead atoms. The summed E-state index contributed by atoms with van der Waals surface area (Å²) in [6.07, 6.45) is 0.169. The van der Waals surface area contributed by atoms with Crippen LogP contribution in [0.3, 0.4) is 0 Å². The minimum absolute atomic E-state index is 0.169. The molecule has 0 spiro atoms. The third-order valence-electron chi connectivity index (χ3n) is 5.32. The molecule has 1 unspecified atom stereocenters. The molecule has 5 nitrogen and oxygen atoms in total. The molecule has 7 heteroatoms. The zero-order valence-electron chi connectivity index (χ0n) is 14.7. The first-order valence-electron chi connectivity index (χ1n) is 9.00. The summed E-state index contributed by atoms with van der Waals surface area (Å²) in [5, 5.41) is 0. The highest BCUT2D eigenvalue weighted by molar-refractivity contribution is 6.21. The molecular formula is C20H20F2N3O2+. The number of benzene rings is 2. The number of nitrogens with zero attached hydrogens (tertiary/aromatic N) is 2. The molecule has 0 aromatic heterocycles. The third kappa shape index (κ3) is 3.42. The van der Waals surface area contributed by atoms with Crippen molar-refractivity contribution in [3.05, 3.63) is 60.2 Å². The van der Waals surface area contributed by atoms with E-state index in [9.17, 15) is 18.4 Å². The monoisotopic (exact) mass is 372 g/mol. The van der Waals surface area contributed by atoms with Crippen molar-refractivity contribution >= 4 is 23.2 Å². The van der Waals surface area contributed by atoms with Crippen LogP contribution in [0.1, 0.15) is 6.42 Å². The molecule has 4 rings (SSSR count). The zero-order valence-corrected chi connectivity index (χ0v) is 14.7. The summed E-state index contributed by atoms with van der Waals surface area (Å²) in [6, 6.07) is 11.4. The summed E-state index contributed by atoms with van der Waals surface area (Å²) in [7, 11) is 0. The van der Waals surface area contributed by atoms with E-state index >= 15 is 0 Å². The second-order valence-corrected chi connectivity index (χ2v) is 6.92. The second-order valence-electron chi connectivity index (χ2n) is 6.92. The summed E-state index contributed by atoms with van der Waals surface area (Å²) in [5.74, 6) is -1.14. The van der Waals surface area contributed by atoms with Gasteiger partial charge in [0.05, 0.1) is 38.3 Å². The number of hydrogen-bond donors (Lipinski definition) is 1. The van der Waals surface area contributed by atoms with Crippen molar-refractivity contribution in [2.45, 2.75) is 12.5 Å².